The van der Waals surface area contributed by atoms with E-state index in [9.17, 15) is 22.0 Å². The Morgan fingerprint density at radius 1 is 1.10 bits per heavy atom. The maximum atomic E-state index is 13.7. The Hall–Kier alpha value is -2.07. The normalized spacial score (nSPS) is 16.9. The molecule has 1 heterocycles. The van der Waals surface area contributed by atoms with Gasteiger partial charge in [-0.1, -0.05) is 17.7 Å². The summed E-state index contributed by atoms with van der Waals surface area (Å²) >= 11 is 5.80. The van der Waals surface area contributed by atoms with E-state index in [-0.39, 0.29) is 10.9 Å². The summed E-state index contributed by atoms with van der Waals surface area (Å²) in [6.45, 7) is 2.57. The number of hydrogen-bond acceptors (Lipinski definition) is 4. The third kappa shape index (κ3) is 5.34. The number of piperidine rings is 1. The van der Waals surface area contributed by atoms with Crippen LogP contribution >= 0.6 is 11.6 Å². The molecule has 0 saturated carbocycles. The predicted octanol–water partition coefficient (Wildman–Crippen LogP) is 3.39. The number of amides is 1. The molecule has 1 unspecified atom stereocenters. The molecule has 1 amide bonds. The van der Waals surface area contributed by atoms with Gasteiger partial charge < -0.3 is 5.32 Å². The van der Waals surface area contributed by atoms with Crippen molar-refractivity contribution in [3.63, 3.8) is 0 Å². The topological polar surface area (TPSA) is 78.5 Å². The molecule has 10 heteroatoms. The van der Waals surface area contributed by atoms with Crippen molar-refractivity contribution in [1.29, 1.82) is 0 Å². The first-order valence-electron chi connectivity index (χ1n) is 9.44. The first kappa shape index (κ1) is 22.6. The standard InChI is InChI=1S/C20H22ClF2N3O3S/c1-13(20(27)24-19-17(22)3-2-4-18(19)23)26-11-9-15(10-12-26)25-30(28,29)16-7-5-14(21)6-8-16/h2-8,13,15,25H,9-12H2,1H3,(H,24,27). The Morgan fingerprint density at radius 2 is 1.67 bits per heavy atom. The third-order valence-corrected chi connectivity index (χ3v) is 6.90. The molecule has 3 rings (SSSR count). The molecule has 0 aliphatic carbocycles. The number of carbonyl (C=O) groups is 1. The number of sulfonamides is 1. The lowest BCUT2D eigenvalue weighted by molar-refractivity contribution is -0.121. The molecular formula is C20H22ClF2N3O3S. The van der Waals surface area contributed by atoms with Crippen LogP contribution in [0, 0.1) is 11.6 Å². The number of nitrogens with zero attached hydrogens (tertiary/aromatic N) is 1. The van der Waals surface area contributed by atoms with Crippen molar-refractivity contribution in [3.05, 3.63) is 59.1 Å². The van der Waals surface area contributed by atoms with Crippen LogP contribution in [0.4, 0.5) is 14.5 Å². The maximum absolute atomic E-state index is 13.7. The average molecular weight is 458 g/mol. The molecule has 0 aromatic heterocycles. The second-order valence-corrected chi connectivity index (χ2v) is 9.30. The minimum absolute atomic E-state index is 0.133. The second-order valence-electron chi connectivity index (χ2n) is 7.15. The first-order valence-corrected chi connectivity index (χ1v) is 11.3. The van der Waals surface area contributed by atoms with Crippen LogP contribution < -0.4 is 10.0 Å². The molecule has 30 heavy (non-hydrogen) atoms. The van der Waals surface area contributed by atoms with E-state index < -0.39 is 39.3 Å². The lowest BCUT2D eigenvalue weighted by Gasteiger charge is -2.35. The van der Waals surface area contributed by atoms with Crippen LogP contribution in [0.3, 0.4) is 0 Å². The third-order valence-electron chi connectivity index (χ3n) is 5.11. The molecule has 162 valence electrons. The van der Waals surface area contributed by atoms with Crippen molar-refractivity contribution in [1.82, 2.24) is 9.62 Å². The summed E-state index contributed by atoms with van der Waals surface area (Å²) in [4.78, 5) is 14.4. The quantitative estimate of drug-likeness (QED) is 0.697. The Bertz CT molecular complexity index is 990. The maximum Gasteiger partial charge on any atom is 0.241 e. The molecule has 2 aromatic rings. The van der Waals surface area contributed by atoms with Crippen LogP contribution in [0.1, 0.15) is 19.8 Å². The van der Waals surface area contributed by atoms with Gasteiger partial charge in [0.05, 0.1) is 10.9 Å². The number of halogens is 3. The van der Waals surface area contributed by atoms with Gasteiger partial charge >= 0.3 is 0 Å². The smallest absolute Gasteiger partial charge is 0.241 e. The van der Waals surface area contributed by atoms with Crippen LogP contribution in [0.5, 0.6) is 0 Å². The zero-order valence-corrected chi connectivity index (χ0v) is 17.8. The van der Waals surface area contributed by atoms with E-state index in [0.29, 0.717) is 31.0 Å². The summed E-state index contributed by atoms with van der Waals surface area (Å²) in [5.74, 6) is -2.21. The molecule has 0 radical (unpaired) electrons. The van der Waals surface area contributed by atoms with E-state index in [2.05, 4.69) is 10.0 Å². The number of nitrogens with one attached hydrogen (secondary N) is 2. The van der Waals surface area contributed by atoms with Crippen molar-refractivity contribution in [2.75, 3.05) is 18.4 Å². The van der Waals surface area contributed by atoms with Crippen molar-refractivity contribution in [3.8, 4) is 0 Å². The molecule has 1 fully saturated rings. The molecule has 1 aliphatic rings. The zero-order valence-electron chi connectivity index (χ0n) is 16.2. The number of rotatable bonds is 6. The van der Waals surface area contributed by atoms with Gasteiger partial charge in [0.1, 0.15) is 17.3 Å². The van der Waals surface area contributed by atoms with Crippen LogP contribution in [0.25, 0.3) is 0 Å². The molecule has 2 N–H and O–H groups in total. The van der Waals surface area contributed by atoms with Crippen LogP contribution in [-0.4, -0.2) is 44.4 Å². The molecule has 1 atom stereocenters. The van der Waals surface area contributed by atoms with Gasteiger partial charge in [-0.3, -0.25) is 9.69 Å². The second kappa shape index (κ2) is 9.38. The molecule has 1 aliphatic heterocycles. The van der Waals surface area contributed by atoms with Crippen LogP contribution in [-0.2, 0) is 14.8 Å². The van der Waals surface area contributed by atoms with Gasteiger partial charge in [0.25, 0.3) is 0 Å². The molecule has 0 bridgehead atoms. The van der Waals surface area contributed by atoms with Gasteiger partial charge in [-0.05, 0) is 56.2 Å². The Balaban J connectivity index is 1.55. The van der Waals surface area contributed by atoms with E-state index >= 15 is 0 Å². The van der Waals surface area contributed by atoms with Crippen LogP contribution in [0.15, 0.2) is 47.4 Å². The highest BCUT2D eigenvalue weighted by molar-refractivity contribution is 7.89. The number of anilines is 1. The SMILES string of the molecule is CC(C(=O)Nc1c(F)cccc1F)N1CCC(NS(=O)(=O)c2ccc(Cl)cc2)CC1. The summed E-state index contributed by atoms with van der Waals surface area (Å²) in [6.07, 6.45) is 0.997. The average Bonchev–Trinajstić information content (AvgIpc) is 2.71. The monoisotopic (exact) mass is 457 g/mol. The summed E-state index contributed by atoms with van der Waals surface area (Å²) in [5.41, 5.74) is -0.472. The fraction of sp³-hybridized carbons (Fsp3) is 0.350. The number of likely N-dealkylation sites (tertiary alicyclic amines) is 1. The highest BCUT2D eigenvalue weighted by Gasteiger charge is 2.29. The Kier molecular flexibility index (Phi) is 7.07. The molecule has 0 spiro atoms. The van der Waals surface area contributed by atoms with E-state index in [1.807, 2.05) is 4.90 Å². The number of benzene rings is 2. The number of carbonyl (C=O) groups excluding carboxylic acids is 1. The zero-order chi connectivity index (χ0) is 21.9. The van der Waals surface area contributed by atoms with Crippen molar-refractivity contribution in [2.24, 2.45) is 0 Å². The molecular weight excluding hydrogens is 436 g/mol. The Labute approximate surface area is 179 Å². The van der Waals surface area contributed by atoms with Crippen molar-refractivity contribution in [2.45, 2.75) is 36.7 Å². The summed E-state index contributed by atoms with van der Waals surface area (Å²) in [7, 11) is -3.67. The van der Waals surface area contributed by atoms with E-state index in [0.717, 1.165) is 12.1 Å². The van der Waals surface area contributed by atoms with Crippen molar-refractivity contribution >= 4 is 33.2 Å². The number of hydrogen-bond donors (Lipinski definition) is 2. The lowest BCUT2D eigenvalue weighted by atomic mass is 10.0. The molecule has 1 saturated heterocycles. The highest BCUT2D eigenvalue weighted by Crippen LogP contribution is 2.21. The predicted molar refractivity (Wildman–Crippen MR) is 111 cm³/mol. The number of para-hydroxylation sites is 1. The van der Waals surface area contributed by atoms with E-state index in [1.54, 1.807) is 6.92 Å². The van der Waals surface area contributed by atoms with Gasteiger partial charge in [0, 0.05) is 24.2 Å². The minimum Gasteiger partial charge on any atom is -0.320 e. The lowest BCUT2D eigenvalue weighted by Crippen LogP contribution is -2.50. The Morgan fingerprint density at radius 3 is 2.23 bits per heavy atom. The van der Waals surface area contributed by atoms with Gasteiger partial charge in [0.2, 0.25) is 15.9 Å². The first-order chi connectivity index (χ1) is 14.2. The van der Waals surface area contributed by atoms with Gasteiger partial charge in [-0.2, -0.15) is 0 Å². The minimum atomic E-state index is -3.67. The van der Waals surface area contributed by atoms with Gasteiger partial charge in [-0.15, -0.1) is 0 Å². The largest absolute Gasteiger partial charge is 0.320 e. The van der Waals surface area contributed by atoms with Gasteiger partial charge in [0.15, 0.2) is 0 Å². The fourth-order valence-corrected chi connectivity index (χ4v) is 4.75. The molecule has 2 aromatic carbocycles. The highest BCUT2D eigenvalue weighted by atomic mass is 35.5. The van der Waals surface area contributed by atoms with Crippen LogP contribution in [0.2, 0.25) is 5.02 Å². The van der Waals surface area contributed by atoms with Crippen molar-refractivity contribution < 1.29 is 22.0 Å². The molecule has 6 nitrogen and oxygen atoms in total. The summed E-state index contributed by atoms with van der Waals surface area (Å²) in [6, 6.07) is 8.36. The fourth-order valence-electron chi connectivity index (χ4n) is 3.32. The van der Waals surface area contributed by atoms with Gasteiger partial charge in [-0.25, -0.2) is 21.9 Å². The van der Waals surface area contributed by atoms with E-state index in [4.69, 9.17) is 11.6 Å². The summed E-state index contributed by atoms with van der Waals surface area (Å²) in [5, 5.41) is 2.75. The summed E-state index contributed by atoms with van der Waals surface area (Å²) < 4.78 is 55.2. The van der Waals surface area contributed by atoms with E-state index in [1.165, 1.54) is 30.3 Å².